The van der Waals surface area contributed by atoms with Crippen molar-refractivity contribution in [2.45, 2.75) is 18.9 Å². The molecule has 6 nitrogen and oxygen atoms in total. The van der Waals surface area contributed by atoms with Crippen molar-refractivity contribution in [3.8, 4) is 0 Å². The van der Waals surface area contributed by atoms with E-state index in [1.54, 1.807) is 6.20 Å². The number of carbonyl (C=O) groups is 2. The second kappa shape index (κ2) is 8.12. The van der Waals surface area contributed by atoms with Crippen molar-refractivity contribution in [2.75, 3.05) is 10.6 Å². The number of rotatable bonds is 4. The molecule has 142 valence electrons. The van der Waals surface area contributed by atoms with Crippen LogP contribution in [0.25, 0.3) is 0 Å². The van der Waals surface area contributed by atoms with Crippen LogP contribution in [0.15, 0.2) is 59.2 Å². The Kier molecular flexibility index (Phi) is 5.40. The number of nitrogens with one attached hydrogen (secondary N) is 3. The summed E-state index contributed by atoms with van der Waals surface area (Å²) in [4.78, 5) is 29.8. The summed E-state index contributed by atoms with van der Waals surface area (Å²) in [5, 5.41) is 8.76. The van der Waals surface area contributed by atoms with Gasteiger partial charge in [-0.1, -0.05) is 46.3 Å². The maximum absolute atomic E-state index is 12.3. The third-order valence-electron chi connectivity index (χ3n) is 4.36. The lowest BCUT2D eigenvalue weighted by atomic mass is 9.99. The number of aromatic nitrogens is 1. The smallest absolute Gasteiger partial charge is 0.321 e. The zero-order valence-corrected chi connectivity index (χ0v) is 17.1. The van der Waals surface area contributed by atoms with Crippen molar-refractivity contribution in [1.29, 1.82) is 0 Å². The van der Waals surface area contributed by atoms with Crippen LogP contribution in [0.4, 0.5) is 15.6 Å². The Hall–Kier alpha value is -2.71. The highest BCUT2D eigenvalue weighted by Crippen LogP contribution is 2.24. The molecule has 0 spiro atoms. The van der Waals surface area contributed by atoms with Crippen LogP contribution in [0.1, 0.15) is 16.0 Å². The lowest BCUT2D eigenvalue weighted by Gasteiger charge is -2.25. The van der Waals surface area contributed by atoms with Gasteiger partial charge in [0.15, 0.2) is 5.13 Å². The first kappa shape index (κ1) is 18.6. The number of hydrogen-bond acceptors (Lipinski definition) is 4. The van der Waals surface area contributed by atoms with E-state index in [9.17, 15) is 9.59 Å². The highest BCUT2D eigenvalue weighted by molar-refractivity contribution is 9.10. The Labute approximate surface area is 174 Å². The molecule has 3 N–H and O–H groups in total. The first-order chi connectivity index (χ1) is 13.6. The maximum atomic E-state index is 12.3. The third-order valence-corrected chi connectivity index (χ3v) is 5.77. The monoisotopic (exact) mass is 456 g/mol. The van der Waals surface area contributed by atoms with Crippen LogP contribution in [-0.2, 0) is 17.6 Å². The largest absolute Gasteiger partial charge is 0.326 e. The molecule has 0 radical (unpaired) electrons. The summed E-state index contributed by atoms with van der Waals surface area (Å²) in [6.07, 6.45) is 2.95. The first-order valence-corrected chi connectivity index (χ1v) is 10.3. The number of anilines is 2. The quantitative estimate of drug-likeness (QED) is 0.550. The van der Waals surface area contributed by atoms with Crippen LogP contribution in [0.5, 0.6) is 0 Å². The van der Waals surface area contributed by atoms with Gasteiger partial charge in [-0.15, -0.1) is 11.3 Å². The van der Waals surface area contributed by atoms with Crippen molar-refractivity contribution in [2.24, 2.45) is 0 Å². The molecule has 0 fully saturated rings. The average molecular weight is 457 g/mol. The highest BCUT2D eigenvalue weighted by Gasteiger charge is 2.27. The molecule has 2 heterocycles. The van der Waals surface area contributed by atoms with E-state index >= 15 is 0 Å². The maximum Gasteiger partial charge on any atom is 0.321 e. The van der Waals surface area contributed by atoms with Gasteiger partial charge in [0.1, 0.15) is 6.04 Å². The van der Waals surface area contributed by atoms with Crippen LogP contribution in [0.3, 0.4) is 0 Å². The van der Waals surface area contributed by atoms with Crippen LogP contribution in [-0.4, -0.2) is 23.0 Å². The van der Waals surface area contributed by atoms with Gasteiger partial charge in [-0.3, -0.25) is 10.1 Å². The minimum atomic E-state index is -0.615. The van der Waals surface area contributed by atoms with Crippen molar-refractivity contribution >= 4 is 50.0 Å². The number of halogens is 1. The second-order valence-corrected chi connectivity index (χ2v) is 8.47. The van der Waals surface area contributed by atoms with Crippen LogP contribution < -0.4 is 16.0 Å². The molecule has 4 rings (SSSR count). The number of hydrogen-bond donors (Lipinski definition) is 3. The fourth-order valence-corrected chi connectivity index (χ4v) is 4.34. The summed E-state index contributed by atoms with van der Waals surface area (Å²) in [5.41, 5.74) is 2.95. The number of thiazole rings is 1. The number of carbonyl (C=O) groups excluding carboxylic acids is 2. The van der Waals surface area contributed by atoms with Crippen LogP contribution in [0.2, 0.25) is 0 Å². The molecular formula is C20H17BrN4O2S. The van der Waals surface area contributed by atoms with Crippen molar-refractivity contribution < 1.29 is 9.59 Å². The number of benzene rings is 2. The van der Waals surface area contributed by atoms with Gasteiger partial charge in [0, 0.05) is 34.1 Å². The Morgan fingerprint density at radius 3 is 2.96 bits per heavy atom. The number of urea groups is 1. The molecule has 1 aliphatic heterocycles. The first-order valence-electron chi connectivity index (χ1n) is 8.72. The summed E-state index contributed by atoms with van der Waals surface area (Å²) in [6.45, 7) is 0. The van der Waals surface area contributed by atoms with Gasteiger partial charge in [0.05, 0.1) is 0 Å². The number of amides is 3. The Morgan fingerprint density at radius 2 is 2.11 bits per heavy atom. The molecule has 0 saturated carbocycles. The Bertz CT molecular complexity index is 1040. The Morgan fingerprint density at radius 1 is 1.25 bits per heavy atom. The van der Waals surface area contributed by atoms with Gasteiger partial charge < -0.3 is 10.6 Å². The number of fused-ring (bicyclic) bond motifs is 1. The molecule has 1 unspecified atom stereocenters. The fourth-order valence-electron chi connectivity index (χ4n) is 3.06. The molecule has 0 aliphatic carbocycles. The van der Waals surface area contributed by atoms with Gasteiger partial charge in [0.25, 0.3) is 0 Å². The summed E-state index contributed by atoms with van der Waals surface area (Å²) < 4.78 is 1.03. The van der Waals surface area contributed by atoms with Gasteiger partial charge in [-0.2, -0.15) is 0 Å². The second-order valence-electron chi connectivity index (χ2n) is 6.44. The van der Waals surface area contributed by atoms with E-state index in [0.29, 0.717) is 11.6 Å². The van der Waals surface area contributed by atoms with Crippen LogP contribution in [0, 0.1) is 0 Å². The molecule has 3 aromatic rings. The van der Waals surface area contributed by atoms with E-state index in [-0.39, 0.29) is 5.91 Å². The summed E-state index contributed by atoms with van der Waals surface area (Å²) in [7, 11) is 0. The van der Waals surface area contributed by atoms with Gasteiger partial charge in [-0.05, 0) is 29.3 Å². The molecule has 1 atom stereocenters. The van der Waals surface area contributed by atoms with Crippen molar-refractivity contribution in [3.63, 3.8) is 0 Å². The van der Waals surface area contributed by atoms with Gasteiger partial charge >= 0.3 is 6.03 Å². The van der Waals surface area contributed by atoms with Gasteiger partial charge in [-0.25, -0.2) is 9.78 Å². The molecule has 8 heteroatoms. The van der Waals surface area contributed by atoms with Crippen LogP contribution >= 0.6 is 27.3 Å². The predicted molar refractivity (Wildman–Crippen MR) is 114 cm³/mol. The normalized spacial score (nSPS) is 15.5. The highest BCUT2D eigenvalue weighted by atomic mass is 79.9. The Balaban J connectivity index is 1.36. The zero-order chi connectivity index (χ0) is 19.5. The minimum absolute atomic E-state index is 0.219. The lowest BCUT2D eigenvalue weighted by Crippen LogP contribution is -2.48. The molecule has 3 amide bonds. The summed E-state index contributed by atoms with van der Waals surface area (Å²) in [5.74, 6) is -0.219. The van der Waals surface area contributed by atoms with E-state index in [2.05, 4.69) is 42.9 Å². The number of para-hydroxylation sites is 1. The predicted octanol–water partition coefficient (Wildman–Crippen LogP) is 4.18. The number of nitrogens with zero attached hydrogens (tertiary/aromatic N) is 1. The summed E-state index contributed by atoms with van der Waals surface area (Å²) >= 11 is 4.88. The SMILES string of the molecule is O=C(Nc1ncc(Cc2cccc(Br)c2)s1)NC1Cc2ccccc2NC1=O. The van der Waals surface area contributed by atoms with E-state index in [1.807, 2.05) is 42.5 Å². The van der Waals surface area contributed by atoms with E-state index in [4.69, 9.17) is 0 Å². The average Bonchev–Trinajstić information content (AvgIpc) is 3.09. The fraction of sp³-hybridized carbons (Fsp3) is 0.150. The molecule has 0 saturated heterocycles. The zero-order valence-electron chi connectivity index (χ0n) is 14.7. The van der Waals surface area contributed by atoms with Crippen molar-refractivity contribution in [1.82, 2.24) is 10.3 Å². The van der Waals surface area contributed by atoms with E-state index in [0.717, 1.165) is 32.6 Å². The van der Waals surface area contributed by atoms with E-state index in [1.165, 1.54) is 11.3 Å². The van der Waals surface area contributed by atoms with E-state index < -0.39 is 12.1 Å². The third kappa shape index (κ3) is 4.40. The molecule has 1 aromatic heterocycles. The standard InChI is InChI=1S/C20H17BrN4O2S/c21-14-6-3-4-12(8-14)9-15-11-22-20(28-15)25-19(27)24-17-10-13-5-1-2-7-16(13)23-18(17)26/h1-8,11,17H,9-10H2,(H,23,26)(H2,22,24,25,27). The van der Waals surface area contributed by atoms with Gasteiger partial charge in [0.2, 0.25) is 5.91 Å². The minimum Gasteiger partial charge on any atom is -0.326 e. The topological polar surface area (TPSA) is 83.1 Å². The lowest BCUT2D eigenvalue weighted by molar-refractivity contribution is -0.118. The van der Waals surface area contributed by atoms with Crippen molar-refractivity contribution in [3.05, 3.63) is 75.2 Å². The molecule has 1 aliphatic rings. The molecule has 0 bridgehead atoms. The summed E-state index contributed by atoms with van der Waals surface area (Å²) in [6, 6.07) is 14.6. The molecule has 28 heavy (non-hydrogen) atoms. The molecule has 2 aromatic carbocycles. The molecular weight excluding hydrogens is 440 g/mol.